The van der Waals surface area contributed by atoms with Crippen LogP contribution < -0.4 is 20.7 Å². The fraction of sp³-hybridized carbons (Fsp3) is 0.304. The molecular formula is C23H22FN9O. The van der Waals surface area contributed by atoms with Crippen LogP contribution in [-0.4, -0.2) is 55.7 Å². The average Bonchev–Trinajstić information content (AvgIpc) is 3.24. The van der Waals surface area contributed by atoms with E-state index in [0.29, 0.717) is 28.5 Å². The molecule has 2 fully saturated rings. The molecule has 0 unspecified atom stereocenters. The van der Waals surface area contributed by atoms with Gasteiger partial charge in [0.25, 0.3) is 0 Å². The molecule has 0 amide bonds. The van der Waals surface area contributed by atoms with Gasteiger partial charge in [0.2, 0.25) is 0 Å². The van der Waals surface area contributed by atoms with Crippen molar-refractivity contribution in [1.82, 2.24) is 29.5 Å². The zero-order valence-corrected chi connectivity index (χ0v) is 18.4. The van der Waals surface area contributed by atoms with E-state index in [1.54, 1.807) is 36.2 Å². The van der Waals surface area contributed by atoms with Gasteiger partial charge in [0.15, 0.2) is 11.4 Å². The lowest BCUT2D eigenvalue weighted by molar-refractivity contribution is 0.438. The molecular weight excluding hydrogens is 437 g/mol. The minimum atomic E-state index is -0.329. The summed E-state index contributed by atoms with van der Waals surface area (Å²) in [5.74, 6) is 0.842. The van der Waals surface area contributed by atoms with E-state index in [0.717, 1.165) is 42.2 Å². The van der Waals surface area contributed by atoms with Gasteiger partial charge in [-0.3, -0.25) is 0 Å². The Morgan fingerprint density at radius 1 is 1.32 bits per heavy atom. The topological polar surface area (TPSA) is 122 Å². The summed E-state index contributed by atoms with van der Waals surface area (Å²) in [7, 11) is 1.76. The van der Waals surface area contributed by atoms with Crippen LogP contribution in [-0.2, 0) is 0 Å². The molecule has 11 heteroatoms. The molecule has 1 aliphatic carbocycles. The van der Waals surface area contributed by atoms with Gasteiger partial charge in [-0.25, -0.2) is 13.9 Å². The number of halogens is 1. The molecule has 5 aromatic rings. The number of hydrogen-bond donors (Lipinski definition) is 3. The number of H-pyrrole nitrogens is 1. The standard InChI is InChI=1S/C23H22FN9O/c1-26-15-7-12(24)6-14-18-20(29-19(14)15)30-22(34-13-9-27-17-2-4-28-33(17)10-13)31-21(18)32-5-3-23(11-32)8-16(23)25/h2,4,6-7,9-10,16,26H,3,5,8,11,25H2,1H3,(H,29,30,31)/t16-,23-/m0/s1. The van der Waals surface area contributed by atoms with Crippen LogP contribution in [0.4, 0.5) is 15.9 Å². The molecule has 5 heterocycles. The Bertz CT molecular complexity index is 1590. The van der Waals surface area contributed by atoms with Crippen LogP contribution in [0.1, 0.15) is 12.8 Å². The molecule has 0 radical (unpaired) electrons. The van der Waals surface area contributed by atoms with Crippen molar-refractivity contribution in [2.75, 3.05) is 30.4 Å². The lowest BCUT2D eigenvalue weighted by Gasteiger charge is -2.19. The van der Waals surface area contributed by atoms with Crippen LogP contribution in [0.15, 0.2) is 36.8 Å². The number of aromatic amines is 1. The van der Waals surface area contributed by atoms with E-state index >= 15 is 0 Å². The highest BCUT2D eigenvalue weighted by Crippen LogP contribution is 2.53. The van der Waals surface area contributed by atoms with Crippen LogP contribution >= 0.6 is 0 Å². The second kappa shape index (κ2) is 6.76. The van der Waals surface area contributed by atoms with Gasteiger partial charge in [-0.1, -0.05) is 0 Å². The number of anilines is 2. The fourth-order valence-corrected chi connectivity index (χ4v) is 5.17. The molecule has 4 N–H and O–H groups in total. The molecule has 4 aromatic heterocycles. The molecule has 1 spiro atoms. The molecule has 0 bridgehead atoms. The highest BCUT2D eigenvalue weighted by molar-refractivity contribution is 6.14. The van der Waals surface area contributed by atoms with Crippen molar-refractivity contribution in [3.05, 3.63) is 42.6 Å². The van der Waals surface area contributed by atoms with E-state index in [9.17, 15) is 4.39 Å². The van der Waals surface area contributed by atoms with Gasteiger partial charge in [-0.05, 0) is 25.0 Å². The van der Waals surface area contributed by atoms with Crippen molar-refractivity contribution >= 4 is 39.1 Å². The number of nitrogens with zero attached hydrogens (tertiary/aromatic N) is 6. The van der Waals surface area contributed by atoms with E-state index in [-0.39, 0.29) is 23.3 Å². The number of nitrogens with two attached hydrogens (primary N) is 1. The molecule has 1 saturated carbocycles. The molecule has 10 nitrogen and oxygen atoms in total. The molecule has 2 aliphatic rings. The van der Waals surface area contributed by atoms with Crippen molar-refractivity contribution in [3.63, 3.8) is 0 Å². The summed E-state index contributed by atoms with van der Waals surface area (Å²) in [5.41, 5.74) is 9.09. The average molecular weight is 459 g/mol. The van der Waals surface area contributed by atoms with E-state index < -0.39 is 0 Å². The summed E-state index contributed by atoms with van der Waals surface area (Å²) in [6.07, 6.45) is 7.03. The largest absolute Gasteiger partial charge is 0.421 e. The maximum Gasteiger partial charge on any atom is 0.326 e. The number of rotatable bonds is 4. The molecule has 1 aliphatic heterocycles. The predicted octanol–water partition coefficient (Wildman–Crippen LogP) is 3.05. The molecule has 172 valence electrons. The number of ether oxygens (including phenoxy) is 1. The van der Waals surface area contributed by atoms with E-state index in [4.69, 9.17) is 15.5 Å². The smallest absolute Gasteiger partial charge is 0.326 e. The van der Waals surface area contributed by atoms with Crippen LogP contribution in [0, 0.1) is 11.2 Å². The van der Waals surface area contributed by atoms with Gasteiger partial charge in [-0.2, -0.15) is 15.1 Å². The minimum Gasteiger partial charge on any atom is -0.421 e. The van der Waals surface area contributed by atoms with Crippen molar-refractivity contribution in [1.29, 1.82) is 0 Å². The summed E-state index contributed by atoms with van der Waals surface area (Å²) in [4.78, 5) is 19.3. The first kappa shape index (κ1) is 19.5. The lowest BCUT2D eigenvalue weighted by atomic mass is 10.1. The highest BCUT2D eigenvalue weighted by Gasteiger charge is 2.56. The van der Waals surface area contributed by atoms with E-state index in [1.165, 1.54) is 12.1 Å². The zero-order valence-electron chi connectivity index (χ0n) is 18.4. The summed E-state index contributed by atoms with van der Waals surface area (Å²) < 4.78 is 22.1. The normalized spacial score (nSPS) is 21.9. The molecule has 1 saturated heterocycles. The van der Waals surface area contributed by atoms with Gasteiger partial charge < -0.3 is 25.7 Å². The quantitative estimate of drug-likeness (QED) is 0.375. The highest BCUT2D eigenvalue weighted by atomic mass is 19.1. The molecule has 34 heavy (non-hydrogen) atoms. The Labute approximate surface area is 192 Å². The van der Waals surface area contributed by atoms with Crippen LogP contribution in [0.25, 0.3) is 27.6 Å². The number of fused-ring (bicyclic) bond motifs is 4. The summed E-state index contributed by atoms with van der Waals surface area (Å²) in [6.45, 7) is 1.63. The van der Waals surface area contributed by atoms with Crippen molar-refractivity contribution in [2.45, 2.75) is 18.9 Å². The van der Waals surface area contributed by atoms with Crippen molar-refractivity contribution in [2.24, 2.45) is 11.1 Å². The van der Waals surface area contributed by atoms with Gasteiger partial charge >= 0.3 is 6.01 Å². The number of aromatic nitrogens is 6. The molecule has 2 atom stereocenters. The first-order valence-electron chi connectivity index (χ1n) is 11.2. The fourth-order valence-electron chi connectivity index (χ4n) is 5.17. The minimum absolute atomic E-state index is 0.140. The molecule has 7 rings (SSSR count). The van der Waals surface area contributed by atoms with Gasteiger partial charge in [0, 0.05) is 43.0 Å². The maximum absolute atomic E-state index is 14.5. The SMILES string of the molecule is CNc1cc(F)cc2c1[nH]c1nc(Oc3cnc4ccnn4c3)nc(N3CC[C@]4(C[C@@H]4N)C3)c12. The van der Waals surface area contributed by atoms with E-state index in [2.05, 4.69) is 30.3 Å². The lowest BCUT2D eigenvalue weighted by Crippen LogP contribution is -2.24. The second-order valence-electron chi connectivity index (χ2n) is 9.17. The first-order chi connectivity index (χ1) is 16.5. The third kappa shape index (κ3) is 2.83. The van der Waals surface area contributed by atoms with E-state index in [1.807, 2.05) is 0 Å². The Morgan fingerprint density at radius 2 is 2.21 bits per heavy atom. The second-order valence-corrected chi connectivity index (χ2v) is 9.17. The Hall–Kier alpha value is -3.99. The van der Waals surface area contributed by atoms with Gasteiger partial charge in [0.1, 0.15) is 17.3 Å². The Balaban J connectivity index is 1.40. The summed E-state index contributed by atoms with van der Waals surface area (Å²) in [6, 6.07) is 5.18. The first-order valence-corrected chi connectivity index (χ1v) is 11.2. The number of hydrogen-bond acceptors (Lipinski definition) is 8. The van der Waals surface area contributed by atoms with Crippen LogP contribution in [0.3, 0.4) is 0 Å². The third-order valence-electron chi connectivity index (χ3n) is 7.12. The monoisotopic (exact) mass is 459 g/mol. The number of benzene rings is 1. The van der Waals surface area contributed by atoms with Crippen LogP contribution in [0.5, 0.6) is 11.8 Å². The van der Waals surface area contributed by atoms with Crippen molar-refractivity contribution in [3.8, 4) is 11.8 Å². The van der Waals surface area contributed by atoms with Gasteiger partial charge in [0.05, 0.1) is 35.2 Å². The number of nitrogens with one attached hydrogen (secondary N) is 2. The summed E-state index contributed by atoms with van der Waals surface area (Å²) >= 11 is 0. The summed E-state index contributed by atoms with van der Waals surface area (Å²) in [5, 5.41) is 8.75. The third-order valence-corrected chi connectivity index (χ3v) is 7.12. The zero-order chi connectivity index (χ0) is 23.0. The Kier molecular flexibility index (Phi) is 3.87. The maximum atomic E-state index is 14.5. The Morgan fingerprint density at radius 3 is 3.00 bits per heavy atom. The van der Waals surface area contributed by atoms with Crippen LogP contribution in [0.2, 0.25) is 0 Å². The van der Waals surface area contributed by atoms with Gasteiger partial charge in [-0.15, -0.1) is 0 Å². The van der Waals surface area contributed by atoms with Crippen molar-refractivity contribution < 1.29 is 9.13 Å². The predicted molar refractivity (Wildman–Crippen MR) is 126 cm³/mol. The molecule has 1 aromatic carbocycles.